The lowest BCUT2D eigenvalue weighted by atomic mass is 9.93. The molecule has 2 N–H and O–H groups in total. The zero-order valence-electron chi connectivity index (χ0n) is 11.6. The number of halogens is 1. The predicted molar refractivity (Wildman–Crippen MR) is 72.4 cm³/mol. The highest BCUT2D eigenvalue weighted by Crippen LogP contribution is 2.32. The van der Waals surface area contributed by atoms with Gasteiger partial charge in [-0.15, -0.1) is 0 Å². The molecule has 1 aliphatic carbocycles. The normalized spacial score (nSPS) is 27.4. The van der Waals surface area contributed by atoms with E-state index in [-0.39, 0.29) is 5.91 Å². The summed E-state index contributed by atoms with van der Waals surface area (Å²) in [6.07, 6.45) is -1.49. The van der Waals surface area contributed by atoms with E-state index in [1.54, 1.807) is 11.0 Å². The van der Waals surface area contributed by atoms with Gasteiger partial charge in [-0.25, -0.2) is 4.39 Å². The molecule has 0 bridgehead atoms. The van der Waals surface area contributed by atoms with E-state index in [0.717, 1.165) is 18.8 Å². The van der Waals surface area contributed by atoms with Crippen molar-refractivity contribution in [2.24, 2.45) is 0 Å². The fraction of sp³-hybridized carbons (Fsp3) is 0.643. The number of aromatic amines is 1. The molecule has 1 amide bonds. The smallest absolute Gasteiger partial charge is 0.270 e. The molecule has 1 aliphatic heterocycles. The molecule has 0 spiro atoms. The van der Waals surface area contributed by atoms with Crippen LogP contribution in [0.25, 0.3) is 0 Å². The van der Waals surface area contributed by atoms with E-state index in [4.69, 9.17) is 0 Å². The molecular weight excluding hydrogens is 261 g/mol. The van der Waals surface area contributed by atoms with Crippen molar-refractivity contribution >= 4 is 5.91 Å². The number of hydrogen-bond acceptors (Lipinski definition) is 3. The van der Waals surface area contributed by atoms with Crippen LogP contribution < -0.4 is 0 Å². The van der Waals surface area contributed by atoms with Gasteiger partial charge < -0.3 is 19.9 Å². The Morgan fingerprint density at radius 3 is 2.80 bits per heavy atom. The number of aryl methyl sites for hydroxylation is 1. The van der Waals surface area contributed by atoms with Gasteiger partial charge in [0.1, 0.15) is 18.0 Å². The summed E-state index contributed by atoms with van der Waals surface area (Å²) < 4.78 is 13.5. The third kappa shape index (κ3) is 2.33. The van der Waals surface area contributed by atoms with Gasteiger partial charge in [-0.3, -0.25) is 4.79 Å². The number of aromatic nitrogens is 1. The second-order valence-electron chi connectivity index (χ2n) is 5.71. The van der Waals surface area contributed by atoms with Crippen LogP contribution in [0.3, 0.4) is 0 Å². The van der Waals surface area contributed by atoms with Gasteiger partial charge >= 0.3 is 0 Å². The zero-order valence-corrected chi connectivity index (χ0v) is 11.6. The maximum absolute atomic E-state index is 13.5. The monoisotopic (exact) mass is 281 g/mol. The lowest BCUT2D eigenvalue weighted by Crippen LogP contribution is -2.47. The van der Waals surface area contributed by atoms with Crippen LogP contribution in [-0.2, 0) is 6.42 Å². The first-order chi connectivity index (χ1) is 9.56. The van der Waals surface area contributed by atoms with Crippen LogP contribution in [-0.4, -0.2) is 65.2 Å². The van der Waals surface area contributed by atoms with E-state index < -0.39 is 12.3 Å². The number of rotatable bonds is 1. The van der Waals surface area contributed by atoms with E-state index in [2.05, 4.69) is 9.88 Å². The fourth-order valence-corrected chi connectivity index (χ4v) is 2.91. The van der Waals surface area contributed by atoms with Gasteiger partial charge in [0.15, 0.2) is 0 Å². The number of nitrogens with one attached hydrogen (secondary N) is 1. The summed E-state index contributed by atoms with van der Waals surface area (Å²) in [5, 5.41) is 9.84. The number of alkyl halides is 1. The van der Waals surface area contributed by atoms with Crippen LogP contribution in [0.15, 0.2) is 6.07 Å². The molecule has 110 valence electrons. The van der Waals surface area contributed by atoms with Crippen LogP contribution in [0.1, 0.15) is 34.3 Å². The molecule has 3 rings (SSSR count). The van der Waals surface area contributed by atoms with Gasteiger partial charge in [-0.1, -0.05) is 0 Å². The number of aliphatic hydroxyl groups excluding tert-OH is 1. The van der Waals surface area contributed by atoms with Crippen LogP contribution in [0.5, 0.6) is 0 Å². The number of carbonyl (C=O) groups is 1. The highest BCUT2D eigenvalue weighted by molar-refractivity contribution is 5.93. The molecule has 5 nitrogen and oxygen atoms in total. The molecular formula is C14H20FN3O2. The molecule has 2 unspecified atom stereocenters. The number of piperazine rings is 1. The van der Waals surface area contributed by atoms with E-state index in [1.807, 2.05) is 7.05 Å². The molecule has 2 heterocycles. The summed E-state index contributed by atoms with van der Waals surface area (Å²) in [6, 6.07) is 1.62. The van der Waals surface area contributed by atoms with Crippen LogP contribution in [0.4, 0.5) is 4.39 Å². The number of hydrogen-bond donors (Lipinski definition) is 2. The Balaban J connectivity index is 1.78. The Kier molecular flexibility index (Phi) is 3.52. The standard InChI is InChI=1S/C14H20FN3O2/c1-17-4-6-18(7-5-17)14(20)12-8-9-11(16-12)3-2-10(15)13(9)19/h8,10,13,16,19H,2-7H2,1H3. The number of likely N-dealkylation sites (N-methyl/N-ethyl adjacent to an activating group) is 1. The Morgan fingerprint density at radius 1 is 1.40 bits per heavy atom. The van der Waals surface area contributed by atoms with Crippen LogP contribution in [0, 0.1) is 0 Å². The van der Waals surface area contributed by atoms with Crippen molar-refractivity contribution in [1.29, 1.82) is 0 Å². The summed E-state index contributed by atoms with van der Waals surface area (Å²) in [7, 11) is 2.03. The molecule has 0 aromatic carbocycles. The fourth-order valence-electron chi connectivity index (χ4n) is 2.91. The van der Waals surface area contributed by atoms with Gasteiger partial charge in [-0.05, 0) is 26.0 Å². The van der Waals surface area contributed by atoms with Crippen LogP contribution >= 0.6 is 0 Å². The second kappa shape index (κ2) is 5.18. The average Bonchev–Trinajstić information content (AvgIpc) is 2.88. The van der Waals surface area contributed by atoms with E-state index in [9.17, 15) is 14.3 Å². The van der Waals surface area contributed by atoms with Crippen molar-refractivity contribution in [3.8, 4) is 0 Å². The quantitative estimate of drug-likeness (QED) is 0.797. The minimum absolute atomic E-state index is 0.0601. The number of carbonyl (C=O) groups excluding carboxylic acids is 1. The highest BCUT2D eigenvalue weighted by atomic mass is 19.1. The lowest BCUT2D eigenvalue weighted by Gasteiger charge is -2.32. The first kappa shape index (κ1) is 13.6. The first-order valence-electron chi connectivity index (χ1n) is 7.08. The Hall–Kier alpha value is -1.40. The van der Waals surface area contributed by atoms with E-state index in [1.165, 1.54) is 0 Å². The summed E-state index contributed by atoms with van der Waals surface area (Å²) in [5.74, 6) is -0.0601. The van der Waals surface area contributed by atoms with Crippen molar-refractivity contribution in [2.75, 3.05) is 33.2 Å². The summed E-state index contributed by atoms with van der Waals surface area (Å²) >= 11 is 0. The lowest BCUT2D eigenvalue weighted by molar-refractivity contribution is 0.0640. The van der Waals surface area contributed by atoms with Gasteiger partial charge in [-0.2, -0.15) is 0 Å². The maximum atomic E-state index is 13.5. The molecule has 2 atom stereocenters. The van der Waals surface area contributed by atoms with E-state index >= 15 is 0 Å². The third-order valence-corrected chi connectivity index (χ3v) is 4.29. The van der Waals surface area contributed by atoms with Crippen molar-refractivity contribution in [3.63, 3.8) is 0 Å². The van der Waals surface area contributed by atoms with Crippen LogP contribution in [0.2, 0.25) is 0 Å². The largest absolute Gasteiger partial charge is 0.385 e. The number of amides is 1. The summed E-state index contributed by atoms with van der Waals surface area (Å²) in [5.41, 5.74) is 1.80. The SMILES string of the molecule is CN1CCN(C(=O)c2cc3c([nH]2)CCC(F)C3O)CC1. The number of nitrogens with zero attached hydrogens (tertiary/aromatic N) is 2. The molecule has 0 saturated carbocycles. The Morgan fingerprint density at radius 2 is 2.10 bits per heavy atom. The topological polar surface area (TPSA) is 59.6 Å². The minimum Gasteiger partial charge on any atom is -0.385 e. The van der Waals surface area contributed by atoms with Gasteiger partial charge in [0.05, 0.1) is 0 Å². The van der Waals surface area contributed by atoms with Crippen molar-refractivity contribution in [3.05, 3.63) is 23.0 Å². The molecule has 6 heteroatoms. The van der Waals surface area contributed by atoms with Crippen molar-refractivity contribution < 1.29 is 14.3 Å². The summed E-state index contributed by atoms with van der Waals surface area (Å²) in [6.45, 7) is 3.13. The summed E-state index contributed by atoms with van der Waals surface area (Å²) in [4.78, 5) is 19.5. The molecule has 1 aromatic rings. The number of H-pyrrole nitrogens is 1. The van der Waals surface area contributed by atoms with Crippen molar-refractivity contribution in [2.45, 2.75) is 25.1 Å². The maximum Gasteiger partial charge on any atom is 0.270 e. The number of aliphatic hydroxyl groups is 1. The molecule has 1 aromatic heterocycles. The molecule has 1 fully saturated rings. The molecule has 0 radical (unpaired) electrons. The zero-order chi connectivity index (χ0) is 14.3. The first-order valence-corrected chi connectivity index (χ1v) is 7.08. The van der Waals surface area contributed by atoms with Gasteiger partial charge in [0.2, 0.25) is 0 Å². The number of fused-ring (bicyclic) bond motifs is 1. The highest BCUT2D eigenvalue weighted by Gasteiger charge is 2.31. The van der Waals surface area contributed by atoms with E-state index in [0.29, 0.717) is 37.2 Å². The minimum atomic E-state index is -1.23. The molecule has 20 heavy (non-hydrogen) atoms. The second-order valence-corrected chi connectivity index (χ2v) is 5.71. The average molecular weight is 281 g/mol. The molecule has 2 aliphatic rings. The molecule has 1 saturated heterocycles. The van der Waals surface area contributed by atoms with Gasteiger partial charge in [0, 0.05) is 37.4 Å². The van der Waals surface area contributed by atoms with Gasteiger partial charge in [0.25, 0.3) is 5.91 Å². The Labute approximate surface area is 117 Å². The third-order valence-electron chi connectivity index (χ3n) is 4.29. The Bertz CT molecular complexity index is 509. The predicted octanol–water partition coefficient (Wildman–Crippen LogP) is 0.720. The van der Waals surface area contributed by atoms with Crippen molar-refractivity contribution in [1.82, 2.24) is 14.8 Å².